The number of nitrogen functional groups attached to an aromatic ring is 1. The fraction of sp³-hybridized carbons (Fsp3) is 0.300. The number of aromatic nitrogens is 2. The van der Waals surface area contributed by atoms with Gasteiger partial charge in [0.1, 0.15) is 5.65 Å². The highest BCUT2D eigenvalue weighted by Gasteiger charge is 2.53. The molecule has 2 fully saturated rings. The molecule has 0 atom stereocenters. The molecule has 1 spiro atoms. The van der Waals surface area contributed by atoms with Gasteiger partial charge in [0, 0.05) is 54.4 Å². The summed E-state index contributed by atoms with van der Waals surface area (Å²) in [4.78, 5) is 25.1. The van der Waals surface area contributed by atoms with Gasteiger partial charge in [0.2, 0.25) is 0 Å². The Morgan fingerprint density at radius 2 is 2.08 bits per heavy atom. The molecule has 3 heterocycles. The lowest BCUT2D eigenvalue weighted by molar-refractivity contribution is 0.0625. The minimum absolute atomic E-state index is 0.0498. The predicted octanol–water partition coefficient (Wildman–Crippen LogP) is 2.64. The third kappa shape index (κ3) is 2.33. The second kappa shape index (κ2) is 5.49. The highest BCUT2D eigenvalue weighted by molar-refractivity contribution is 5.96. The fourth-order valence-electron chi connectivity index (χ4n) is 4.12. The molecule has 0 unspecified atom stereocenters. The van der Waals surface area contributed by atoms with Crippen molar-refractivity contribution in [2.75, 3.05) is 30.3 Å². The van der Waals surface area contributed by atoms with Gasteiger partial charge >= 0.3 is 0 Å². The molecule has 3 aromatic rings. The van der Waals surface area contributed by atoms with E-state index in [0.717, 1.165) is 43.5 Å². The zero-order chi connectivity index (χ0) is 17.7. The van der Waals surface area contributed by atoms with Crippen molar-refractivity contribution in [2.24, 2.45) is 0 Å². The van der Waals surface area contributed by atoms with E-state index in [1.165, 1.54) is 5.69 Å². The molecule has 3 N–H and O–H groups in total. The Labute approximate surface area is 151 Å². The van der Waals surface area contributed by atoms with Crippen LogP contribution in [0.4, 0.5) is 11.4 Å². The number of nitrogens with one attached hydrogen (secondary N) is 1. The molecule has 26 heavy (non-hydrogen) atoms. The summed E-state index contributed by atoms with van der Waals surface area (Å²) in [6, 6.07) is 11.4. The van der Waals surface area contributed by atoms with E-state index in [1.807, 2.05) is 30.6 Å². The molecule has 1 saturated heterocycles. The van der Waals surface area contributed by atoms with E-state index in [2.05, 4.69) is 31.9 Å². The lowest BCUT2D eigenvalue weighted by Crippen LogP contribution is -2.57. The highest BCUT2D eigenvalue weighted by Crippen LogP contribution is 2.46. The fourth-order valence-corrected chi connectivity index (χ4v) is 4.12. The third-order valence-corrected chi connectivity index (χ3v) is 5.64. The Balaban J connectivity index is 1.43. The molecule has 132 valence electrons. The molecule has 1 aromatic carbocycles. The molecule has 6 nitrogen and oxygen atoms in total. The number of piperazine rings is 1. The molecular weight excluding hydrogens is 326 g/mol. The first-order valence-electron chi connectivity index (χ1n) is 9.01. The van der Waals surface area contributed by atoms with Gasteiger partial charge in [-0.05, 0) is 43.2 Å². The molecule has 1 aliphatic heterocycles. The number of benzene rings is 1. The van der Waals surface area contributed by atoms with E-state index in [0.29, 0.717) is 11.3 Å². The maximum atomic E-state index is 13.1. The maximum absolute atomic E-state index is 13.1. The summed E-state index contributed by atoms with van der Waals surface area (Å²) in [5.41, 5.74) is 9.23. The number of rotatable bonds is 2. The first kappa shape index (κ1) is 15.3. The van der Waals surface area contributed by atoms with Gasteiger partial charge in [-0.15, -0.1) is 0 Å². The SMILES string of the molecule is Nc1cccc(C(=O)N2CCN(c3ccnc4[nH]ccc34)CC23CC3)c1. The quantitative estimate of drug-likeness (QED) is 0.699. The summed E-state index contributed by atoms with van der Waals surface area (Å²) in [6.07, 6.45) is 5.88. The summed E-state index contributed by atoms with van der Waals surface area (Å²) < 4.78 is 0. The van der Waals surface area contributed by atoms with Gasteiger partial charge in [0.05, 0.1) is 5.54 Å². The molecule has 2 aliphatic rings. The normalized spacial score (nSPS) is 18.5. The van der Waals surface area contributed by atoms with Gasteiger partial charge in [0.15, 0.2) is 0 Å². The second-order valence-corrected chi connectivity index (χ2v) is 7.30. The summed E-state index contributed by atoms with van der Waals surface area (Å²) in [7, 11) is 0. The van der Waals surface area contributed by atoms with Crippen LogP contribution in [0.3, 0.4) is 0 Å². The van der Waals surface area contributed by atoms with E-state index in [-0.39, 0.29) is 11.4 Å². The van der Waals surface area contributed by atoms with Crippen LogP contribution in [0.25, 0.3) is 11.0 Å². The minimum Gasteiger partial charge on any atom is -0.399 e. The van der Waals surface area contributed by atoms with Crippen molar-refractivity contribution in [1.29, 1.82) is 0 Å². The molecule has 6 heteroatoms. The molecule has 5 rings (SSSR count). The van der Waals surface area contributed by atoms with Crippen LogP contribution in [0.2, 0.25) is 0 Å². The Kier molecular flexibility index (Phi) is 3.22. The van der Waals surface area contributed by atoms with Crippen molar-refractivity contribution in [2.45, 2.75) is 18.4 Å². The van der Waals surface area contributed by atoms with Gasteiger partial charge in [-0.3, -0.25) is 4.79 Å². The van der Waals surface area contributed by atoms with Crippen LogP contribution in [0, 0.1) is 0 Å². The Hall–Kier alpha value is -3.02. The van der Waals surface area contributed by atoms with Gasteiger partial charge < -0.3 is 20.5 Å². The number of amides is 1. The molecule has 1 saturated carbocycles. The highest BCUT2D eigenvalue weighted by atomic mass is 16.2. The van der Waals surface area contributed by atoms with Gasteiger partial charge in [0.25, 0.3) is 5.91 Å². The number of hydrogen-bond acceptors (Lipinski definition) is 4. The zero-order valence-electron chi connectivity index (χ0n) is 14.5. The number of nitrogens with zero attached hydrogens (tertiary/aromatic N) is 3. The summed E-state index contributed by atoms with van der Waals surface area (Å²) in [6.45, 7) is 2.41. The number of hydrogen-bond donors (Lipinski definition) is 2. The van der Waals surface area contributed by atoms with Crippen LogP contribution < -0.4 is 10.6 Å². The number of nitrogens with two attached hydrogens (primary N) is 1. The smallest absolute Gasteiger partial charge is 0.254 e. The molecule has 0 radical (unpaired) electrons. The van der Waals surface area contributed by atoms with E-state index in [1.54, 1.807) is 6.07 Å². The largest absolute Gasteiger partial charge is 0.399 e. The Morgan fingerprint density at radius 3 is 2.88 bits per heavy atom. The summed E-state index contributed by atoms with van der Waals surface area (Å²) in [5.74, 6) is 0.0935. The standard InChI is InChI=1S/C20H21N5O/c21-15-3-1-2-14(12-15)19(26)25-11-10-24(13-20(25)6-7-20)17-5-9-23-18-16(17)4-8-22-18/h1-5,8-9,12H,6-7,10-11,13,21H2,(H,22,23). The van der Waals surface area contributed by atoms with Crippen LogP contribution >= 0.6 is 0 Å². The van der Waals surface area contributed by atoms with E-state index in [4.69, 9.17) is 5.73 Å². The van der Waals surface area contributed by atoms with Crippen LogP contribution in [0.1, 0.15) is 23.2 Å². The topological polar surface area (TPSA) is 78.2 Å². The number of carbonyl (C=O) groups excluding carboxylic acids is 1. The lowest BCUT2D eigenvalue weighted by atomic mass is 10.1. The van der Waals surface area contributed by atoms with Crippen LogP contribution in [-0.4, -0.2) is 45.9 Å². The van der Waals surface area contributed by atoms with Crippen molar-refractivity contribution in [1.82, 2.24) is 14.9 Å². The Bertz CT molecular complexity index is 991. The van der Waals surface area contributed by atoms with Crippen molar-refractivity contribution >= 4 is 28.3 Å². The van der Waals surface area contributed by atoms with Crippen molar-refractivity contribution in [3.05, 3.63) is 54.4 Å². The number of H-pyrrole nitrogens is 1. The number of aromatic amines is 1. The molecule has 1 aliphatic carbocycles. The monoisotopic (exact) mass is 347 g/mol. The Morgan fingerprint density at radius 1 is 1.19 bits per heavy atom. The lowest BCUT2D eigenvalue weighted by Gasteiger charge is -2.43. The van der Waals surface area contributed by atoms with Crippen molar-refractivity contribution < 1.29 is 4.79 Å². The van der Waals surface area contributed by atoms with E-state index < -0.39 is 0 Å². The van der Waals surface area contributed by atoms with Gasteiger partial charge in [-0.25, -0.2) is 4.98 Å². The molecule has 2 aromatic heterocycles. The maximum Gasteiger partial charge on any atom is 0.254 e. The van der Waals surface area contributed by atoms with Gasteiger partial charge in [-0.1, -0.05) is 6.07 Å². The minimum atomic E-state index is -0.0498. The molecular formula is C20H21N5O. The van der Waals surface area contributed by atoms with E-state index in [9.17, 15) is 4.79 Å². The number of pyridine rings is 1. The van der Waals surface area contributed by atoms with Gasteiger partial charge in [-0.2, -0.15) is 0 Å². The van der Waals surface area contributed by atoms with Crippen LogP contribution in [-0.2, 0) is 0 Å². The summed E-state index contributed by atoms with van der Waals surface area (Å²) >= 11 is 0. The number of carbonyl (C=O) groups is 1. The van der Waals surface area contributed by atoms with Crippen LogP contribution in [0.5, 0.6) is 0 Å². The molecule has 0 bridgehead atoms. The third-order valence-electron chi connectivity index (χ3n) is 5.64. The average molecular weight is 347 g/mol. The number of anilines is 2. The van der Waals surface area contributed by atoms with Crippen LogP contribution in [0.15, 0.2) is 48.8 Å². The predicted molar refractivity (Wildman–Crippen MR) is 102 cm³/mol. The van der Waals surface area contributed by atoms with E-state index >= 15 is 0 Å². The summed E-state index contributed by atoms with van der Waals surface area (Å²) in [5, 5.41) is 1.14. The first-order chi connectivity index (χ1) is 12.7. The zero-order valence-corrected chi connectivity index (χ0v) is 14.5. The second-order valence-electron chi connectivity index (χ2n) is 7.30. The molecule has 1 amide bonds. The average Bonchev–Trinajstić information content (AvgIpc) is 3.23. The van der Waals surface area contributed by atoms with Crippen molar-refractivity contribution in [3.8, 4) is 0 Å². The first-order valence-corrected chi connectivity index (χ1v) is 9.01. The van der Waals surface area contributed by atoms with Crippen molar-refractivity contribution in [3.63, 3.8) is 0 Å². The number of fused-ring (bicyclic) bond motifs is 1.